The third-order valence-corrected chi connectivity index (χ3v) is 3.89. The Morgan fingerprint density at radius 1 is 1.04 bits per heavy atom. The normalized spacial score (nSPS) is 14.7. The molecule has 1 aliphatic heterocycles. The van der Waals surface area contributed by atoms with Gasteiger partial charge in [-0.25, -0.2) is 4.79 Å². The molecule has 1 aliphatic rings. The van der Waals surface area contributed by atoms with Crippen LogP contribution in [0.2, 0.25) is 0 Å². The van der Waals surface area contributed by atoms with Gasteiger partial charge in [0, 0.05) is 32.1 Å². The van der Waals surface area contributed by atoms with E-state index < -0.39 is 6.09 Å². The summed E-state index contributed by atoms with van der Waals surface area (Å²) in [5.41, 5.74) is 0. The number of carbonyl (C=O) groups is 2. The third-order valence-electron chi connectivity index (χ3n) is 3.89. The Kier molecular flexibility index (Phi) is 4.97. The summed E-state index contributed by atoms with van der Waals surface area (Å²) >= 11 is 0. The van der Waals surface area contributed by atoms with Gasteiger partial charge in [0.2, 0.25) is 5.89 Å². The molecule has 1 aromatic carbocycles. The van der Waals surface area contributed by atoms with Gasteiger partial charge in [0.05, 0.1) is 0 Å². The van der Waals surface area contributed by atoms with Gasteiger partial charge in [-0.1, -0.05) is 32.0 Å². The number of benzene rings is 1. The molecular formula is C17H20N4O4. The number of amides is 2. The number of hydrogen-bond acceptors (Lipinski definition) is 6. The van der Waals surface area contributed by atoms with Gasteiger partial charge >= 0.3 is 17.9 Å². The summed E-state index contributed by atoms with van der Waals surface area (Å²) in [5, 5.41) is 7.68. The van der Waals surface area contributed by atoms with Crippen molar-refractivity contribution in [3.05, 3.63) is 42.1 Å². The number of carbonyl (C=O) groups excluding carboxylic acids is 2. The smallest absolute Gasteiger partial charge is 0.415 e. The quantitative estimate of drug-likeness (QED) is 0.848. The Balaban J connectivity index is 1.54. The van der Waals surface area contributed by atoms with Crippen LogP contribution in [0.4, 0.5) is 4.79 Å². The van der Waals surface area contributed by atoms with E-state index in [0.29, 0.717) is 37.8 Å². The SMILES string of the molecule is CC(C)c1nnc(C(=O)N2CCN(C(=O)Oc3ccccc3)CC2)o1. The number of piperazine rings is 1. The van der Waals surface area contributed by atoms with E-state index in [2.05, 4.69) is 10.2 Å². The summed E-state index contributed by atoms with van der Waals surface area (Å²) in [4.78, 5) is 27.7. The molecule has 0 saturated carbocycles. The lowest BCUT2D eigenvalue weighted by atomic mass is 10.2. The van der Waals surface area contributed by atoms with Crippen LogP contribution in [0.5, 0.6) is 5.75 Å². The van der Waals surface area contributed by atoms with E-state index in [1.807, 2.05) is 19.9 Å². The van der Waals surface area contributed by atoms with E-state index in [1.54, 1.807) is 34.1 Å². The zero-order valence-corrected chi connectivity index (χ0v) is 14.2. The minimum absolute atomic E-state index is 0.0102. The number of hydrogen-bond donors (Lipinski definition) is 0. The molecule has 2 amide bonds. The van der Waals surface area contributed by atoms with Crippen LogP contribution in [0.1, 0.15) is 36.3 Å². The average molecular weight is 344 g/mol. The Morgan fingerprint density at radius 3 is 2.28 bits per heavy atom. The molecule has 2 aromatic rings. The van der Waals surface area contributed by atoms with Crippen molar-refractivity contribution < 1.29 is 18.7 Å². The first kappa shape index (κ1) is 16.9. The van der Waals surface area contributed by atoms with E-state index in [-0.39, 0.29) is 17.7 Å². The Labute approximate surface area is 145 Å². The molecule has 0 aliphatic carbocycles. The summed E-state index contributed by atoms with van der Waals surface area (Å²) in [6, 6.07) is 8.90. The number of rotatable bonds is 3. The van der Waals surface area contributed by atoms with Crippen LogP contribution in [0, 0.1) is 0 Å². The summed E-state index contributed by atoms with van der Waals surface area (Å²) in [6.45, 7) is 5.40. The van der Waals surface area contributed by atoms with Crippen LogP contribution in [0.15, 0.2) is 34.7 Å². The molecule has 132 valence electrons. The van der Waals surface area contributed by atoms with Crippen molar-refractivity contribution in [1.82, 2.24) is 20.0 Å². The fraction of sp³-hybridized carbons (Fsp3) is 0.412. The molecule has 1 aromatic heterocycles. The van der Waals surface area contributed by atoms with Crippen LogP contribution >= 0.6 is 0 Å². The fourth-order valence-corrected chi connectivity index (χ4v) is 2.44. The second kappa shape index (κ2) is 7.33. The molecule has 3 rings (SSSR count). The predicted octanol–water partition coefficient (Wildman–Crippen LogP) is 2.15. The highest BCUT2D eigenvalue weighted by Gasteiger charge is 2.28. The van der Waals surface area contributed by atoms with E-state index in [9.17, 15) is 9.59 Å². The zero-order chi connectivity index (χ0) is 17.8. The van der Waals surface area contributed by atoms with Crippen molar-refractivity contribution in [2.45, 2.75) is 19.8 Å². The van der Waals surface area contributed by atoms with Crippen molar-refractivity contribution in [3.8, 4) is 5.75 Å². The largest absolute Gasteiger partial charge is 0.417 e. The maximum absolute atomic E-state index is 12.4. The lowest BCUT2D eigenvalue weighted by Gasteiger charge is -2.33. The summed E-state index contributed by atoms with van der Waals surface area (Å²) in [7, 11) is 0. The lowest BCUT2D eigenvalue weighted by Crippen LogP contribution is -2.51. The molecule has 8 heteroatoms. The molecule has 8 nitrogen and oxygen atoms in total. The van der Waals surface area contributed by atoms with Crippen molar-refractivity contribution in [2.24, 2.45) is 0 Å². The second-order valence-corrected chi connectivity index (χ2v) is 6.06. The molecule has 0 spiro atoms. The number of ether oxygens (including phenoxy) is 1. The van der Waals surface area contributed by atoms with Gasteiger partial charge in [0.1, 0.15) is 5.75 Å². The minimum atomic E-state index is -0.418. The highest BCUT2D eigenvalue weighted by atomic mass is 16.6. The van der Waals surface area contributed by atoms with Gasteiger partial charge < -0.3 is 19.0 Å². The molecule has 0 bridgehead atoms. The topological polar surface area (TPSA) is 88.8 Å². The van der Waals surface area contributed by atoms with Crippen LogP contribution in [-0.2, 0) is 0 Å². The Morgan fingerprint density at radius 2 is 1.68 bits per heavy atom. The molecule has 2 heterocycles. The van der Waals surface area contributed by atoms with Gasteiger partial charge in [0.25, 0.3) is 0 Å². The zero-order valence-electron chi connectivity index (χ0n) is 14.2. The summed E-state index contributed by atoms with van der Waals surface area (Å²) in [6.07, 6.45) is -0.418. The average Bonchev–Trinajstić information content (AvgIpc) is 3.12. The third kappa shape index (κ3) is 3.96. The Hall–Kier alpha value is -2.90. The summed E-state index contributed by atoms with van der Waals surface area (Å²) < 4.78 is 10.7. The summed E-state index contributed by atoms with van der Waals surface area (Å²) in [5.74, 6) is 0.685. The van der Waals surface area contributed by atoms with Gasteiger partial charge in [-0.2, -0.15) is 0 Å². The molecule has 25 heavy (non-hydrogen) atoms. The number of para-hydroxylation sites is 1. The molecule has 0 radical (unpaired) electrons. The van der Waals surface area contributed by atoms with Crippen molar-refractivity contribution in [3.63, 3.8) is 0 Å². The predicted molar refractivity (Wildman–Crippen MR) is 88.3 cm³/mol. The van der Waals surface area contributed by atoms with Gasteiger partial charge in [-0.15, -0.1) is 10.2 Å². The monoisotopic (exact) mass is 344 g/mol. The van der Waals surface area contributed by atoms with E-state index in [0.717, 1.165) is 0 Å². The maximum Gasteiger partial charge on any atom is 0.415 e. The number of nitrogens with zero attached hydrogens (tertiary/aromatic N) is 4. The van der Waals surface area contributed by atoms with E-state index >= 15 is 0 Å². The Bertz CT molecular complexity index is 736. The first-order valence-electron chi connectivity index (χ1n) is 8.19. The molecule has 0 N–H and O–H groups in total. The van der Waals surface area contributed by atoms with Crippen LogP contribution in [0.3, 0.4) is 0 Å². The molecule has 1 fully saturated rings. The van der Waals surface area contributed by atoms with Crippen LogP contribution in [-0.4, -0.2) is 58.2 Å². The lowest BCUT2D eigenvalue weighted by molar-refractivity contribution is 0.0594. The van der Waals surface area contributed by atoms with Crippen molar-refractivity contribution in [2.75, 3.05) is 26.2 Å². The van der Waals surface area contributed by atoms with E-state index in [4.69, 9.17) is 9.15 Å². The highest BCUT2D eigenvalue weighted by Crippen LogP contribution is 2.15. The second-order valence-electron chi connectivity index (χ2n) is 6.06. The first-order chi connectivity index (χ1) is 12.0. The molecular weight excluding hydrogens is 324 g/mol. The van der Waals surface area contributed by atoms with Crippen molar-refractivity contribution in [1.29, 1.82) is 0 Å². The molecule has 0 atom stereocenters. The van der Waals surface area contributed by atoms with Crippen LogP contribution in [0.25, 0.3) is 0 Å². The minimum Gasteiger partial charge on any atom is -0.417 e. The fourth-order valence-electron chi connectivity index (χ4n) is 2.44. The van der Waals surface area contributed by atoms with Crippen molar-refractivity contribution >= 4 is 12.0 Å². The first-order valence-corrected chi connectivity index (χ1v) is 8.19. The maximum atomic E-state index is 12.4. The van der Waals surface area contributed by atoms with Gasteiger partial charge in [0.15, 0.2) is 0 Å². The molecule has 1 saturated heterocycles. The van der Waals surface area contributed by atoms with E-state index in [1.165, 1.54) is 0 Å². The standard InChI is InChI=1S/C17H20N4O4/c1-12(2)14-18-19-15(25-14)16(22)20-8-10-21(11-9-20)17(23)24-13-6-4-3-5-7-13/h3-7,12H,8-11H2,1-2H3. The molecule has 0 unspecified atom stereocenters. The van der Waals surface area contributed by atoms with Gasteiger partial charge in [-0.05, 0) is 12.1 Å². The van der Waals surface area contributed by atoms with Crippen LogP contribution < -0.4 is 4.74 Å². The van der Waals surface area contributed by atoms with Gasteiger partial charge in [-0.3, -0.25) is 4.79 Å². The highest BCUT2D eigenvalue weighted by molar-refractivity contribution is 5.89. The number of aromatic nitrogens is 2.